The lowest BCUT2D eigenvalue weighted by molar-refractivity contribution is 0.290. The Morgan fingerprint density at radius 1 is 1.26 bits per heavy atom. The molecule has 1 heterocycles. The van der Waals surface area contributed by atoms with Gasteiger partial charge in [-0.25, -0.2) is 4.98 Å². The van der Waals surface area contributed by atoms with Gasteiger partial charge in [0.15, 0.2) is 0 Å². The maximum absolute atomic E-state index is 5.80. The van der Waals surface area contributed by atoms with Crippen LogP contribution < -0.4 is 10.1 Å². The molecule has 1 N–H and O–H groups in total. The van der Waals surface area contributed by atoms with Gasteiger partial charge in [0.05, 0.1) is 6.61 Å². The Hall–Kier alpha value is -1.32. The Morgan fingerprint density at radius 2 is 2.11 bits per heavy atom. The Bertz CT molecular complexity index is 427. The van der Waals surface area contributed by atoms with Gasteiger partial charge < -0.3 is 10.1 Å². The van der Waals surface area contributed by atoms with E-state index in [-0.39, 0.29) is 0 Å². The molecule has 19 heavy (non-hydrogen) atoms. The van der Waals surface area contributed by atoms with Crippen LogP contribution in [0.2, 0.25) is 0 Å². The van der Waals surface area contributed by atoms with Crippen molar-refractivity contribution in [3.05, 3.63) is 11.9 Å². The first-order valence-electron chi connectivity index (χ1n) is 7.61. The predicted octanol–water partition coefficient (Wildman–Crippen LogP) is 3.35. The Kier molecular flexibility index (Phi) is 3.85. The molecule has 0 bridgehead atoms. The highest BCUT2D eigenvalue weighted by molar-refractivity contribution is 5.39. The van der Waals surface area contributed by atoms with Crippen molar-refractivity contribution < 1.29 is 4.74 Å². The largest absolute Gasteiger partial charge is 0.478 e. The second kappa shape index (κ2) is 5.76. The molecule has 1 aromatic heterocycles. The van der Waals surface area contributed by atoms with Gasteiger partial charge in [-0.1, -0.05) is 19.8 Å². The quantitative estimate of drug-likeness (QED) is 0.779. The predicted molar refractivity (Wildman–Crippen MR) is 75.6 cm³/mol. The van der Waals surface area contributed by atoms with Gasteiger partial charge in [-0.05, 0) is 31.6 Å². The molecule has 0 amide bonds. The third-order valence-corrected chi connectivity index (χ3v) is 3.69. The molecule has 0 saturated heterocycles. The van der Waals surface area contributed by atoms with Crippen molar-refractivity contribution >= 4 is 5.82 Å². The number of hydrogen-bond acceptors (Lipinski definition) is 4. The summed E-state index contributed by atoms with van der Waals surface area (Å²) in [5, 5.41) is 3.34. The van der Waals surface area contributed by atoms with Crippen molar-refractivity contribution in [1.82, 2.24) is 9.97 Å². The summed E-state index contributed by atoms with van der Waals surface area (Å²) in [4.78, 5) is 9.13. The third-order valence-electron chi connectivity index (χ3n) is 3.69. The smallest absolute Gasteiger partial charge is 0.218 e. The molecule has 2 saturated carbocycles. The van der Waals surface area contributed by atoms with Crippen LogP contribution in [0.1, 0.15) is 57.2 Å². The van der Waals surface area contributed by atoms with Crippen LogP contribution in [0.5, 0.6) is 5.88 Å². The average molecular weight is 261 g/mol. The van der Waals surface area contributed by atoms with Gasteiger partial charge in [-0.15, -0.1) is 0 Å². The molecule has 4 nitrogen and oxygen atoms in total. The lowest BCUT2D eigenvalue weighted by Gasteiger charge is -2.10. The number of nitrogens with one attached hydrogen (secondary N) is 1. The lowest BCUT2D eigenvalue weighted by Crippen LogP contribution is -2.07. The van der Waals surface area contributed by atoms with Crippen LogP contribution in [-0.4, -0.2) is 23.1 Å². The van der Waals surface area contributed by atoms with Crippen molar-refractivity contribution in [2.75, 3.05) is 18.5 Å². The van der Waals surface area contributed by atoms with Crippen LogP contribution in [0.15, 0.2) is 6.07 Å². The molecule has 0 aliphatic heterocycles. The highest BCUT2D eigenvalue weighted by Gasteiger charge is 2.27. The Balaban J connectivity index is 1.63. The van der Waals surface area contributed by atoms with E-state index < -0.39 is 0 Å². The minimum absolute atomic E-state index is 0.564. The monoisotopic (exact) mass is 261 g/mol. The summed E-state index contributed by atoms with van der Waals surface area (Å²) in [5.41, 5.74) is 0. The van der Waals surface area contributed by atoms with E-state index >= 15 is 0 Å². The van der Waals surface area contributed by atoms with E-state index in [9.17, 15) is 0 Å². The summed E-state index contributed by atoms with van der Waals surface area (Å²) < 4.78 is 5.80. The fourth-order valence-electron chi connectivity index (χ4n) is 2.12. The Morgan fingerprint density at radius 3 is 2.79 bits per heavy atom. The van der Waals surface area contributed by atoms with Crippen LogP contribution >= 0.6 is 0 Å². The second-order valence-electron chi connectivity index (χ2n) is 5.73. The highest BCUT2D eigenvalue weighted by Crippen LogP contribution is 2.39. The zero-order chi connectivity index (χ0) is 13.1. The van der Waals surface area contributed by atoms with E-state index in [1.165, 1.54) is 32.1 Å². The van der Waals surface area contributed by atoms with E-state index in [1.807, 2.05) is 6.07 Å². The van der Waals surface area contributed by atoms with Crippen LogP contribution in [0.4, 0.5) is 5.82 Å². The third kappa shape index (κ3) is 3.82. The molecular formula is C15H23N3O. The zero-order valence-electron chi connectivity index (χ0n) is 11.7. The van der Waals surface area contributed by atoms with Crippen molar-refractivity contribution in [2.24, 2.45) is 5.92 Å². The van der Waals surface area contributed by atoms with Crippen LogP contribution in [0, 0.1) is 5.92 Å². The van der Waals surface area contributed by atoms with Gasteiger partial charge in [0.1, 0.15) is 11.6 Å². The van der Waals surface area contributed by atoms with Gasteiger partial charge in [0, 0.05) is 18.5 Å². The SMILES string of the molecule is CCCNc1cc(OCCC2CC2)nc(C2CC2)n1. The Labute approximate surface area is 115 Å². The number of nitrogens with zero attached hydrogens (tertiary/aromatic N) is 2. The van der Waals surface area contributed by atoms with Gasteiger partial charge in [-0.3, -0.25) is 0 Å². The summed E-state index contributed by atoms with van der Waals surface area (Å²) in [6.45, 7) is 3.89. The second-order valence-corrected chi connectivity index (χ2v) is 5.73. The van der Waals surface area contributed by atoms with Gasteiger partial charge in [-0.2, -0.15) is 4.98 Å². The molecule has 1 aromatic rings. The molecule has 2 fully saturated rings. The highest BCUT2D eigenvalue weighted by atomic mass is 16.5. The first-order valence-corrected chi connectivity index (χ1v) is 7.61. The summed E-state index contributed by atoms with van der Waals surface area (Å²) in [5.74, 6) is 4.09. The maximum atomic E-state index is 5.80. The van der Waals surface area contributed by atoms with Crippen molar-refractivity contribution in [2.45, 2.75) is 51.4 Å². The van der Waals surface area contributed by atoms with Crippen LogP contribution in [-0.2, 0) is 0 Å². The fourth-order valence-corrected chi connectivity index (χ4v) is 2.12. The maximum Gasteiger partial charge on any atom is 0.218 e. The molecule has 0 atom stereocenters. The normalized spacial score (nSPS) is 18.4. The summed E-state index contributed by atoms with van der Waals surface area (Å²) in [7, 11) is 0. The lowest BCUT2D eigenvalue weighted by atomic mass is 10.3. The molecule has 2 aliphatic carbocycles. The topological polar surface area (TPSA) is 47.0 Å². The van der Waals surface area contributed by atoms with E-state index in [2.05, 4.69) is 22.2 Å². The molecule has 104 valence electrons. The standard InChI is InChI=1S/C15H23N3O/c1-2-8-16-13-10-14(19-9-7-11-3-4-11)18-15(17-13)12-5-6-12/h10-12H,2-9H2,1H3,(H,16,17,18). The van der Waals surface area contributed by atoms with E-state index in [4.69, 9.17) is 4.74 Å². The molecule has 3 rings (SSSR count). The van der Waals surface area contributed by atoms with E-state index in [0.29, 0.717) is 5.92 Å². The number of anilines is 1. The van der Waals surface area contributed by atoms with E-state index in [1.54, 1.807) is 0 Å². The number of hydrogen-bond donors (Lipinski definition) is 1. The van der Waals surface area contributed by atoms with Gasteiger partial charge in [0.2, 0.25) is 5.88 Å². The van der Waals surface area contributed by atoms with E-state index in [0.717, 1.165) is 43.0 Å². The molecule has 0 unspecified atom stereocenters. The number of aromatic nitrogens is 2. The van der Waals surface area contributed by atoms with Crippen molar-refractivity contribution in [3.8, 4) is 5.88 Å². The van der Waals surface area contributed by atoms with Crippen molar-refractivity contribution in [1.29, 1.82) is 0 Å². The molecule has 0 radical (unpaired) electrons. The summed E-state index contributed by atoms with van der Waals surface area (Å²) in [6.07, 6.45) is 7.46. The molecular weight excluding hydrogens is 238 g/mol. The minimum Gasteiger partial charge on any atom is -0.478 e. The summed E-state index contributed by atoms with van der Waals surface area (Å²) >= 11 is 0. The van der Waals surface area contributed by atoms with Gasteiger partial charge >= 0.3 is 0 Å². The number of rotatable bonds is 8. The molecule has 2 aliphatic rings. The van der Waals surface area contributed by atoms with Gasteiger partial charge in [0.25, 0.3) is 0 Å². The first-order chi connectivity index (χ1) is 9.35. The van der Waals surface area contributed by atoms with Crippen molar-refractivity contribution in [3.63, 3.8) is 0 Å². The minimum atomic E-state index is 0.564. The van der Waals surface area contributed by atoms with Crippen LogP contribution in [0.3, 0.4) is 0 Å². The number of ether oxygens (including phenoxy) is 1. The first kappa shape index (κ1) is 12.7. The molecule has 0 spiro atoms. The fraction of sp³-hybridized carbons (Fsp3) is 0.733. The summed E-state index contributed by atoms with van der Waals surface area (Å²) in [6, 6.07) is 1.94. The van der Waals surface area contributed by atoms with Crippen LogP contribution in [0.25, 0.3) is 0 Å². The molecule has 4 heteroatoms. The average Bonchev–Trinajstić information content (AvgIpc) is 3.28. The zero-order valence-corrected chi connectivity index (χ0v) is 11.7. The molecule has 0 aromatic carbocycles.